The molecule has 2 aliphatic heterocycles. The van der Waals surface area contributed by atoms with E-state index in [0.717, 1.165) is 6.92 Å². The molecule has 5 N–H and O–H groups in total. The molecule has 2 saturated heterocycles. The monoisotopic (exact) mass is 486 g/mol. The Balaban J connectivity index is 2.35. The van der Waals surface area contributed by atoms with E-state index in [2.05, 4.69) is 16.1 Å². The molecule has 10 atom stereocenters. The lowest BCUT2D eigenvalue weighted by Gasteiger charge is -2.47. The first-order valence-corrected chi connectivity index (χ1v) is 11.0. The molecule has 0 spiro atoms. The van der Waals surface area contributed by atoms with Gasteiger partial charge in [-0.3, -0.25) is 8.98 Å². The molecule has 0 aromatic heterocycles. The molecule has 0 aliphatic carbocycles. The highest BCUT2D eigenvalue weighted by Crippen LogP contribution is 2.31. The van der Waals surface area contributed by atoms with E-state index < -0.39 is 84.3 Å². The van der Waals surface area contributed by atoms with Crippen LogP contribution in [-0.4, -0.2) is 114 Å². The predicted octanol–water partition coefficient (Wildman–Crippen LogP) is -3.53. The third-order valence-corrected chi connectivity index (χ3v) is 5.36. The van der Waals surface area contributed by atoms with Crippen molar-refractivity contribution < 1.29 is 61.3 Å². The minimum Gasteiger partial charge on any atom is -0.726 e. The fourth-order valence-corrected chi connectivity index (χ4v) is 3.94. The van der Waals surface area contributed by atoms with Gasteiger partial charge in [-0.25, -0.2) is 8.42 Å². The summed E-state index contributed by atoms with van der Waals surface area (Å²) < 4.78 is 59.7. The second kappa shape index (κ2) is 11.3. The van der Waals surface area contributed by atoms with Crippen LogP contribution in [0.15, 0.2) is 12.7 Å². The largest absolute Gasteiger partial charge is 0.726 e. The summed E-state index contributed by atoms with van der Waals surface area (Å²) in [6.07, 6.45) is -12.1. The van der Waals surface area contributed by atoms with Crippen LogP contribution in [0.5, 0.6) is 0 Å². The number of nitrogens with one attached hydrogen (secondary N) is 1. The Hall–Kier alpha value is -1.24. The van der Waals surface area contributed by atoms with E-state index in [-0.39, 0.29) is 6.61 Å². The summed E-state index contributed by atoms with van der Waals surface area (Å²) in [5.41, 5.74) is 0. The Morgan fingerprint density at radius 1 is 1.16 bits per heavy atom. The van der Waals surface area contributed by atoms with Gasteiger partial charge in [0.1, 0.15) is 42.7 Å². The zero-order chi connectivity index (χ0) is 24.2. The molecule has 2 rings (SSSR count). The summed E-state index contributed by atoms with van der Waals surface area (Å²) in [4.78, 5) is 11.7. The van der Waals surface area contributed by atoms with Gasteiger partial charge in [0.25, 0.3) is 0 Å². The van der Waals surface area contributed by atoms with Gasteiger partial charge < -0.3 is 49.2 Å². The molecule has 15 heteroatoms. The van der Waals surface area contributed by atoms with Crippen LogP contribution in [0.1, 0.15) is 13.8 Å². The highest BCUT2D eigenvalue weighted by atomic mass is 32.3. The molecule has 2 heterocycles. The molecule has 2 aliphatic rings. The van der Waals surface area contributed by atoms with Crippen molar-refractivity contribution in [2.24, 2.45) is 0 Å². The maximum Gasteiger partial charge on any atom is 0.218 e. The molecule has 2 fully saturated rings. The van der Waals surface area contributed by atoms with Gasteiger partial charge >= 0.3 is 0 Å². The molecule has 0 unspecified atom stereocenters. The SMILES string of the molecule is C=CCO[C@H]1O[C@@H](C)[C@@H](O)[C@@H](O[C@@H]2O[C@H](CO)[C@@H](O)[C@H](OS(=O)(=O)[O-])[C@H]2NC(C)=O)[C@@H]1O. The van der Waals surface area contributed by atoms with E-state index in [1.54, 1.807) is 0 Å². The van der Waals surface area contributed by atoms with Crippen molar-refractivity contribution in [2.75, 3.05) is 13.2 Å². The average molecular weight is 486 g/mol. The van der Waals surface area contributed by atoms with Crippen molar-refractivity contribution >= 4 is 16.3 Å². The Morgan fingerprint density at radius 2 is 1.81 bits per heavy atom. The van der Waals surface area contributed by atoms with E-state index in [1.165, 1.54) is 13.0 Å². The summed E-state index contributed by atoms with van der Waals surface area (Å²) in [6, 6.07) is -1.58. The molecule has 186 valence electrons. The third-order valence-electron chi connectivity index (χ3n) is 4.90. The lowest BCUT2D eigenvalue weighted by molar-refractivity contribution is -0.341. The zero-order valence-corrected chi connectivity index (χ0v) is 18.2. The van der Waals surface area contributed by atoms with Gasteiger partial charge in [0.2, 0.25) is 16.3 Å². The highest BCUT2D eigenvalue weighted by Gasteiger charge is 2.52. The van der Waals surface area contributed by atoms with Gasteiger partial charge in [0.05, 0.1) is 19.3 Å². The van der Waals surface area contributed by atoms with Crippen LogP contribution in [-0.2, 0) is 38.3 Å². The standard InChI is InChI=1S/C17H29NO13S/c1-4-5-27-17-13(23)15(11(21)7(2)28-17)30-16-10(18-8(3)20)14(31-32(24,25)26)12(22)9(6-19)29-16/h4,7,9-17,19,21-23H,1,5-6H2,2-3H3,(H,18,20)(H,24,25,26)/p-1/t7-,9+,10+,11+,12+,13-,14+,15+,16-,17-/m0/s1. The lowest BCUT2D eigenvalue weighted by atomic mass is 9.95. The number of aliphatic hydroxyl groups excluding tert-OH is 4. The van der Waals surface area contributed by atoms with Crippen molar-refractivity contribution in [2.45, 2.75) is 75.2 Å². The van der Waals surface area contributed by atoms with Crippen LogP contribution >= 0.6 is 0 Å². The first-order valence-electron chi connectivity index (χ1n) is 9.64. The van der Waals surface area contributed by atoms with E-state index in [9.17, 15) is 38.2 Å². The molecular weight excluding hydrogens is 458 g/mol. The minimum atomic E-state index is -5.37. The number of ether oxygens (including phenoxy) is 4. The summed E-state index contributed by atoms with van der Waals surface area (Å²) >= 11 is 0. The smallest absolute Gasteiger partial charge is 0.218 e. The maximum absolute atomic E-state index is 11.7. The summed E-state index contributed by atoms with van der Waals surface area (Å²) in [7, 11) is -5.37. The second-order valence-corrected chi connectivity index (χ2v) is 8.33. The van der Waals surface area contributed by atoms with Gasteiger partial charge in [-0.1, -0.05) is 6.08 Å². The second-order valence-electron chi connectivity index (χ2n) is 7.32. The Kier molecular flexibility index (Phi) is 9.50. The number of aliphatic hydroxyl groups is 4. The van der Waals surface area contributed by atoms with Crippen molar-refractivity contribution in [3.05, 3.63) is 12.7 Å². The molecule has 14 nitrogen and oxygen atoms in total. The summed E-state index contributed by atoms with van der Waals surface area (Å²) in [5, 5.41) is 43.1. The van der Waals surface area contributed by atoms with E-state index in [0.29, 0.717) is 0 Å². The molecule has 0 radical (unpaired) electrons. The highest BCUT2D eigenvalue weighted by molar-refractivity contribution is 7.80. The van der Waals surface area contributed by atoms with Crippen LogP contribution in [0.2, 0.25) is 0 Å². The fraction of sp³-hybridized carbons (Fsp3) is 0.824. The number of hydrogen-bond acceptors (Lipinski definition) is 13. The minimum absolute atomic E-state index is 0.00175. The van der Waals surface area contributed by atoms with E-state index >= 15 is 0 Å². The van der Waals surface area contributed by atoms with Gasteiger partial charge in [0.15, 0.2) is 12.6 Å². The topological polar surface area (TPSA) is 213 Å². The van der Waals surface area contributed by atoms with Crippen LogP contribution in [0, 0.1) is 0 Å². The van der Waals surface area contributed by atoms with Gasteiger partial charge in [-0.15, -0.1) is 6.58 Å². The predicted molar refractivity (Wildman–Crippen MR) is 101 cm³/mol. The van der Waals surface area contributed by atoms with Crippen molar-refractivity contribution in [3.63, 3.8) is 0 Å². The zero-order valence-electron chi connectivity index (χ0n) is 17.3. The Morgan fingerprint density at radius 3 is 2.34 bits per heavy atom. The van der Waals surface area contributed by atoms with Crippen LogP contribution in [0.3, 0.4) is 0 Å². The van der Waals surface area contributed by atoms with Gasteiger partial charge in [-0.2, -0.15) is 0 Å². The fourth-order valence-electron chi connectivity index (χ4n) is 3.43. The van der Waals surface area contributed by atoms with E-state index in [4.69, 9.17) is 18.9 Å². The number of carbonyl (C=O) groups excluding carboxylic acids is 1. The number of carbonyl (C=O) groups is 1. The van der Waals surface area contributed by atoms with Crippen LogP contribution in [0.25, 0.3) is 0 Å². The normalized spacial score (nSPS) is 40.6. The summed E-state index contributed by atoms with van der Waals surface area (Å²) in [5.74, 6) is -0.729. The molecular formula is C17H28NO13S-. The number of rotatable bonds is 9. The number of hydrogen-bond donors (Lipinski definition) is 5. The van der Waals surface area contributed by atoms with E-state index in [1.807, 2.05) is 0 Å². The van der Waals surface area contributed by atoms with Crippen LogP contribution in [0.4, 0.5) is 0 Å². The van der Waals surface area contributed by atoms with Gasteiger partial charge in [-0.05, 0) is 6.92 Å². The van der Waals surface area contributed by atoms with Crippen LogP contribution < -0.4 is 5.32 Å². The number of amides is 1. The maximum atomic E-state index is 11.7. The molecule has 1 amide bonds. The first-order chi connectivity index (χ1) is 14.9. The van der Waals surface area contributed by atoms with Gasteiger partial charge in [0, 0.05) is 6.92 Å². The summed E-state index contributed by atoms with van der Waals surface area (Å²) in [6.45, 7) is 5.17. The van der Waals surface area contributed by atoms with Crippen molar-refractivity contribution in [1.82, 2.24) is 5.32 Å². The molecule has 32 heavy (non-hydrogen) atoms. The molecule has 0 aromatic carbocycles. The Bertz CT molecular complexity index is 749. The quantitative estimate of drug-likeness (QED) is 0.121. The molecule has 0 saturated carbocycles. The first kappa shape index (κ1) is 27.0. The average Bonchev–Trinajstić information content (AvgIpc) is 2.70. The lowest BCUT2D eigenvalue weighted by Crippen LogP contribution is -2.68. The molecule has 0 bridgehead atoms. The Labute approximate surface area is 184 Å². The van der Waals surface area contributed by atoms with Crippen molar-refractivity contribution in [3.8, 4) is 0 Å². The van der Waals surface area contributed by atoms with Crippen molar-refractivity contribution in [1.29, 1.82) is 0 Å². The third kappa shape index (κ3) is 6.64. The molecule has 0 aromatic rings.